The summed E-state index contributed by atoms with van der Waals surface area (Å²) in [6.07, 6.45) is 0. The summed E-state index contributed by atoms with van der Waals surface area (Å²) in [5.74, 6) is -0.786. The molecule has 0 saturated carbocycles. The average Bonchev–Trinajstić information content (AvgIpc) is 2.68. The first-order valence-electron chi connectivity index (χ1n) is 5.55. The maximum absolute atomic E-state index is 13.5. The normalized spacial score (nSPS) is 11.0. The van der Waals surface area contributed by atoms with Gasteiger partial charge in [-0.3, -0.25) is 0 Å². The molecule has 0 aliphatic rings. The Labute approximate surface area is 124 Å². The number of benzene rings is 2. The summed E-state index contributed by atoms with van der Waals surface area (Å²) in [5.41, 5.74) is 7.65. The van der Waals surface area contributed by atoms with Crippen LogP contribution in [0.1, 0.15) is 0 Å². The third kappa shape index (κ3) is 2.11. The molecule has 0 aliphatic heterocycles. The van der Waals surface area contributed by atoms with Crippen molar-refractivity contribution in [2.24, 2.45) is 0 Å². The molecule has 92 valence electrons. The summed E-state index contributed by atoms with van der Waals surface area (Å²) < 4.78 is 28.5. The van der Waals surface area contributed by atoms with Crippen molar-refractivity contribution in [1.82, 2.24) is 7.59 Å². The second-order valence-electron chi connectivity index (χ2n) is 4.19. The van der Waals surface area contributed by atoms with Gasteiger partial charge in [0.05, 0.1) is 0 Å². The summed E-state index contributed by atoms with van der Waals surface area (Å²) >= 11 is 0.387. The second kappa shape index (κ2) is 4.55. The first-order valence-corrected chi connectivity index (χ1v) is 7.56. The number of hydrogen-bond donors (Lipinski definition) is 1. The molecule has 2 aromatic carbocycles. The fraction of sp³-hybridized carbons (Fsp3) is 0. The van der Waals surface area contributed by atoms with E-state index < -0.39 is 5.82 Å². The molecular weight excluding hydrogens is 441 g/mol. The Balaban J connectivity index is 2.33. The van der Waals surface area contributed by atoms with E-state index in [4.69, 9.17) is 5.73 Å². The van der Waals surface area contributed by atoms with Crippen molar-refractivity contribution in [3.63, 3.8) is 0 Å². The van der Waals surface area contributed by atoms with Gasteiger partial charge >= 0.3 is 124 Å². The number of nitrogens with two attached hydrogens (primary N) is 1. The van der Waals surface area contributed by atoms with Gasteiger partial charge in [0, 0.05) is 0 Å². The predicted octanol–water partition coefficient (Wildman–Crippen LogP) is 2.50. The molecule has 0 aliphatic carbocycles. The molecule has 0 fully saturated rings. The van der Waals surface area contributed by atoms with Gasteiger partial charge < -0.3 is 0 Å². The fourth-order valence-corrected chi connectivity index (χ4v) is 3.30. The van der Waals surface area contributed by atoms with E-state index in [0.29, 0.717) is 42.8 Å². The Hall–Kier alpha value is -1.51. The van der Waals surface area contributed by atoms with E-state index in [0.717, 1.165) is 5.39 Å². The van der Waals surface area contributed by atoms with Crippen LogP contribution < -0.4 is 5.73 Å². The number of halogens is 2. The predicted molar refractivity (Wildman–Crippen MR) is 70.6 cm³/mol. The van der Waals surface area contributed by atoms with Gasteiger partial charge in [-0.15, -0.1) is 0 Å². The van der Waals surface area contributed by atoms with Crippen molar-refractivity contribution in [2.75, 3.05) is 5.73 Å². The van der Waals surface area contributed by atoms with Crippen LogP contribution in [0.25, 0.3) is 22.2 Å². The zero-order chi connectivity index (χ0) is 13.6. The molecule has 3 aromatic rings. The number of rotatable bonds is 1. The number of nitrogens with zero attached hydrogens (tertiary/aromatic N) is 2. The van der Waals surface area contributed by atoms with Crippen LogP contribution in [-0.4, -0.2) is 33.7 Å². The van der Waals surface area contributed by atoms with E-state index in [-0.39, 0.29) is 11.5 Å². The molecule has 0 radical (unpaired) electrons. The average molecular weight is 449 g/mol. The topological polar surface area (TPSA) is 43.8 Å². The summed E-state index contributed by atoms with van der Waals surface area (Å²) in [6.45, 7) is 0. The van der Waals surface area contributed by atoms with Gasteiger partial charge in [-0.1, -0.05) is 0 Å². The molecule has 3 rings (SSSR count). The Morgan fingerprint density at radius 3 is 2.68 bits per heavy atom. The molecule has 0 bridgehead atoms. The standard InChI is InChI=1S/C13H8F2N3.Tl/c14-8-3-1-2-7(4-8)13-9-5-11(16)10(15)6-12(9)17-18-13;/h1-6H,16H2;/q-1;+1. The van der Waals surface area contributed by atoms with E-state index in [1.807, 2.05) is 0 Å². The first-order chi connectivity index (χ1) is 9.06. The Morgan fingerprint density at radius 2 is 1.95 bits per heavy atom. The summed E-state index contributed by atoms with van der Waals surface area (Å²) in [5, 5.41) is 5.13. The molecule has 6 heteroatoms. The molecule has 0 unspecified atom stereocenters. The van der Waals surface area contributed by atoms with E-state index in [1.165, 1.54) is 18.2 Å². The van der Waals surface area contributed by atoms with Crippen LogP contribution in [-0.2, 0) is 0 Å². The third-order valence-corrected chi connectivity index (χ3v) is 4.45. The van der Waals surface area contributed by atoms with Gasteiger partial charge in [-0.05, 0) is 0 Å². The minimum absolute atomic E-state index is 0.0724. The molecule has 0 atom stereocenters. The quantitative estimate of drug-likeness (QED) is 0.459. The zero-order valence-corrected chi connectivity index (χ0v) is 14.3. The summed E-state index contributed by atoms with van der Waals surface area (Å²) in [7, 11) is 0. The maximum atomic E-state index is 13.5. The van der Waals surface area contributed by atoms with E-state index in [1.54, 1.807) is 20.7 Å². The van der Waals surface area contributed by atoms with Crippen LogP contribution in [0.5, 0.6) is 0 Å². The van der Waals surface area contributed by atoms with Crippen molar-refractivity contribution < 1.29 is 8.78 Å². The number of fused-ring (bicyclic) bond motifs is 1. The molecule has 1 aromatic heterocycles. The summed E-state index contributed by atoms with van der Waals surface area (Å²) in [4.78, 5) is 0. The molecule has 0 amide bonds. The molecule has 19 heavy (non-hydrogen) atoms. The monoisotopic (exact) mass is 449 g/mol. The first kappa shape index (κ1) is 12.5. The molecule has 2 N–H and O–H groups in total. The Bertz CT molecular complexity index is 783. The van der Waals surface area contributed by atoms with Crippen LogP contribution in [0.3, 0.4) is 0 Å². The number of nitrogen functional groups attached to an aromatic ring is 1. The minimum atomic E-state index is -0.458. The SMILES string of the molecule is Nc1cc2c(-c3cccc(F)c3)n[n]([Tl])c2cc1F. The van der Waals surface area contributed by atoms with Crippen LogP contribution in [0, 0.1) is 11.6 Å². The van der Waals surface area contributed by atoms with E-state index in [9.17, 15) is 8.78 Å². The van der Waals surface area contributed by atoms with Gasteiger partial charge in [0.2, 0.25) is 0 Å². The van der Waals surface area contributed by atoms with E-state index >= 15 is 0 Å². The number of anilines is 1. The third-order valence-electron chi connectivity index (χ3n) is 2.92. The molecule has 3 nitrogen and oxygen atoms in total. The Kier molecular flexibility index (Phi) is 3.00. The van der Waals surface area contributed by atoms with Crippen LogP contribution in [0.15, 0.2) is 36.4 Å². The number of aromatic nitrogens is 2. The van der Waals surface area contributed by atoms with Crippen LogP contribution >= 0.6 is 0 Å². The summed E-state index contributed by atoms with van der Waals surface area (Å²) in [6, 6.07) is 9.11. The zero-order valence-electron chi connectivity index (χ0n) is 9.77. The van der Waals surface area contributed by atoms with E-state index in [2.05, 4.69) is 5.10 Å². The van der Waals surface area contributed by atoms with Crippen molar-refractivity contribution in [3.05, 3.63) is 48.0 Å². The van der Waals surface area contributed by atoms with Crippen molar-refractivity contribution >= 4 is 42.7 Å². The van der Waals surface area contributed by atoms with Gasteiger partial charge in [0.1, 0.15) is 0 Å². The Morgan fingerprint density at radius 1 is 1.16 bits per heavy atom. The van der Waals surface area contributed by atoms with Crippen molar-refractivity contribution in [1.29, 1.82) is 0 Å². The van der Waals surface area contributed by atoms with Crippen LogP contribution in [0.4, 0.5) is 14.5 Å². The van der Waals surface area contributed by atoms with Gasteiger partial charge in [0.15, 0.2) is 0 Å². The molecular formula is C13H8F2N3Tl. The molecule has 0 spiro atoms. The van der Waals surface area contributed by atoms with Crippen molar-refractivity contribution in [2.45, 2.75) is 0 Å². The van der Waals surface area contributed by atoms with Gasteiger partial charge in [0.25, 0.3) is 0 Å². The van der Waals surface area contributed by atoms with Gasteiger partial charge in [-0.2, -0.15) is 0 Å². The number of hydrogen-bond acceptors (Lipinski definition) is 2. The fourth-order valence-electron chi connectivity index (χ4n) is 2.02. The van der Waals surface area contributed by atoms with Crippen molar-refractivity contribution in [3.8, 4) is 11.3 Å². The molecule has 0 saturated heterocycles. The van der Waals surface area contributed by atoms with Gasteiger partial charge in [-0.25, -0.2) is 0 Å². The molecule has 1 heterocycles. The van der Waals surface area contributed by atoms with Crippen LogP contribution in [0.2, 0.25) is 0 Å². The second-order valence-corrected chi connectivity index (χ2v) is 6.10.